The molecular weight excluding hydrogens is 200 g/mol. The van der Waals surface area contributed by atoms with Crippen LogP contribution in [0.1, 0.15) is 11.5 Å². The van der Waals surface area contributed by atoms with Crippen LogP contribution in [-0.2, 0) is 6.54 Å². The van der Waals surface area contributed by atoms with Crippen molar-refractivity contribution in [2.45, 2.75) is 13.5 Å². The summed E-state index contributed by atoms with van der Waals surface area (Å²) >= 11 is 1.55. The van der Waals surface area contributed by atoms with E-state index in [9.17, 15) is 4.91 Å². The molecule has 0 N–H and O–H groups in total. The highest BCUT2D eigenvalue weighted by Gasteiger charge is 2.11. The number of thiophene rings is 1. The summed E-state index contributed by atoms with van der Waals surface area (Å²) in [6.45, 7) is 1.85. The predicted octanol–water partition coefficient (Wildman–Crippen LogP) is 2.98. The number of aromatic nitrogens is 1. The average molecular weight is 208 g/mol. The standard InChI is InChI=1S/C9H8N2O2S/c1-6-7(5-10-12)11-9(13-6)8-3-2-4-14-8/h2-4H,5H2,1H3. The first-order valence-electron chi connectivity index (χ1n) is 4.10. The quantitative estimate of drug-likeness (QED) is 0.728. The molecule has 0 fully saturated rings. The van der Waals surface area contributed by atoms with Crippen LogP contribution in [0.5, 0.6) is 0 Å². The zero-order valence-corrected chi connectivity index (χ0v) is 8.37. The van der Waals surface area contributed by atoms with E-state index < -0.39 is 0 Å². The molecule has 0 radical (unpaired) electrons. The van der Waals surface area contributed by atoms with E-state index in [4.69, 9.17) is 4.42 Å². The molecule has 14 heavy (non-hydrogen) atoms. The highest BCUT2D eigenvalue weighted by atomic mass is 32.1. The monoisotopic (exact) mass is 208 g/mol. The van der Waals surface area contributed by atoms with Crippen LogP contribution >= 0.6 is 11.3 Å². The molecule has 0 aliphatic rings. The van der Waals surface area contributed by atoms with Gasteiger partial charge in [-0.05, 0) is 18.4 Å². The molecule has 0 saturated carbocycles. The van der Waals surface area contributed by atoms with Crippen molar-refractivity contribution in [1.82, 2.24) is 4.98 Å². The summed E-state index contributed by atoms with van der Waals surface area (Å²) in [5, 5.41) is 4.74. The maximum absolute atomic E-state index is 10.1. The van der Waals surface area contributed by atoms with Crippen LogP contribution in [0.3, 0.4) is 0 Å². The van der Waals surface area contributed by atoms with E-state index in [1.54, 1.807) is 18.3 Å². The second kappa shape index (κ2) is 3.71. The molecule has 4 nitrogen and oxygen atoms in total. The van der Waals surface area contributed by atoms with Gasteiger partial charge in [-0.15, -0.1) is 11.3 Å². The molecule has 0 amide bonds. The fraction of sp³-hybridized carbons (Fsp3) is 0.222. The fourth-order valence-corrected chi connectivity index (χ4v) is 1.79. The molecule has 0 atom stereocenters. The molecule has 72 valence electrons. The Morgan fingerprint density at radius 3 is 3.14 bits per heavy atom. The summed E-state index contributed by atoms with van der Waals surface area (Å²) in [5.74, 6) is 1.23. The van der Waals surface area contributed by atoms with Crippen molar-refractivity contribution >= 4 is 11.3 Å². The lowest BCUT2D eigenvalue weighted by molar-refractivity contribution is 0.540. The van der Waals surface area contributed by atoms with E-state index in [0.29, 0.717) is 17.3 Å². The molecule has 0 aliphatic carbocycles. The van der Waals surface area contributed by atoms with Crippen LogP contribution in [0.15, 0.2) is 27.1 Å². The van der Waals surface area contributed by atoms with Crippen molar-refractivity contribution in [3.63, 3.8) is 0 Å². The minimum absolute atomic E-state index is 0.0701. The molecule has 0 spiro atoms. The summed E-state index contributed by atoms with van der Waals surface area (Å²) in [6.07, 6.45) is 0. The smallest absolute Gasteiger partial charge is 0.236 e. The zero-order chi connectivity index (χ0) is 9.97. The highest BCUT2D eigenvalue weighted by Crippen LogP contribution is 2.25. The number of hydrogen-bond donors (Lipinski definition) is 0. The summed E-state index contributed by atoms with van der Waals surface area (Å²) in [5.41, 5.74) is 0.614. The van der Waals surface area contributed by atoms with Crippen molar-refractivity contribution in [2.75, 3.05) is 0 Å². The normalized spacial score (nSPS) is 10.4. The second-order valence-corrected chi connectivity index (χ2v) is 3.73. The maximum Gasteiger partial charge on any atom is 0.236 e. The third-order valence-corrected chi connectivity index (χ3v) is 2.70. The number of aryl methyl sites for hydroxylation is 1. The molecule has 0 aromatic carbocycles. The Labute approximate surface area is 84.6 Å². The van der Waals surface area contributed by atoms with E-state index in [0.717, 1.165) is 4.88 Å². The minimum atomic E-state index is 0.0701. The third-order valence-electron chi connectivity index (χ3n) is 1.84. The number of oxazole rings is 1. The summed E-state index contributed by atoms with van der Waals surface area (Å²) in [6, 6.07) is 3.85. The van der Waals surface area contributed by atoms with Gasteiger partial charge in [-0.3, -0.25) is 0 Å². The van der Waals surface area contributed by atoms with Crippen LogP contribution in [0.2, 0.25) is 0 Å². The lowest BCUT2D eigenvalue weighted by Gasteiger charge is -1.84. The fourth-order valence-electron chi connectivity index (χ4n) is 1.14. The Bertz CT molecular complexity index is 434. The summed E-state index contributed by atoms with van der Waals surface area (Å²) < 4.78 is 5.41. The molecule has 0 unspecified atom stereocenters. The van der Waals surface area contributed by atoms with Gasteiger partial charge in [0.05, 0.1) is 4.88 Å². The summed E-state index contributed by atoms with van der Waals surface area (Å²) in [4.78, 5) is 15.2. The van der Waals surface area contributed by atoms with Gasteiger partial charge in [0.1, 0.15) is 18.0 Å². The number of hydrogen-bond acceptors (Lipinski definition) is 5. The Hall–Kier alpha value is -1.49. The van der Waals surface area contributed by atoms with Gasteiger partial charge in [-0.25, -0.2) is 4.98 Å². The van der Waals surface area contributed by atoms with Crippen molar-refractivity contribution in [3.05, 3.63) is 33.9 Å². The molecule has 2 aromatic rings. The largest absolute Gasteiger partial charge is 0.440 e. The van der Waals surface area contributed by atoms with Crippen LogP contribution < -0.4 is 0 Å². The van der Waals surface area contributed by atoms with Gasteiger partial charge in [0.25, 0.3) is 0 Å². The van der Waals surface area contributed by atoms with Gasteiger partial charge in [-0.1, -0.05) is 11.2 Å². The molecule has 5 heteroatoms. The average Bonchev–Trinajstić information content (AvgIpc) is 2.76. The van der Waals surface area contributed by atoms with Gasteiger partial charge in [0.2, 0.25) is 5.89 Å². The van der Waals surface area contributed by atoms with E-state index >= 15 is 0 Å². The Morgan fingerprint density at radius 2 is 2.50 bits per heavy atom. The van der Waals surface area contributed by atoms with E-state index in [-0.39, 0.29) is 6.54 Å². The van der Waals surface area contributed by atoms with Crippen LogP contribution in [0.4, 0.5) is 0 Å². The highest BCUT2D eigenvalue weighted by molar-refractivity contribution is 7.13. The Morgan fingerprint density at radius 1 is 1.64 bits per heavy atom. The first-order valence-corrected chi connectivity index (χ1v) is 4.98. The van der Waals surface area contributed by atoms with Crippen molar-refractivity contribution in [2.24, 2.45) is 5.18 Å². The lowest BCUT2D eigenvalue weighted by Crippen LogP contribution is -1.82. The number of nitroso groups, excluding NO2 is 1. The predicted molar refractivity (Wildman–Crippen MR) is 54.1 cm³/mol. The topological polar surface area (TPSA) is 55.5 Å². The Kier molecular flexibility index (Phi) is 2.41. The molecule has 0 aliphatic heterocycles. The van der Waals surface area contributed by atoms with Crippen LogP contribution in [-0.4, -0.2) is 4.98 Å². The van der Waals surface area contributed by atoms with Gasteiger partial charge < -0.3 is 4.42 Å². The second-order valence-electron chi connectivity index (χ2n) is 2.79. The number of rotatable bonds is 3. The molecular formula is C9H8N2O2S. The molecule has 2 rings (SSSR count). The van der Waals surface area contributed by atoms with Gasteiger partial charge in [0.15, 0.2) is 0 Å². The first-order chi connectivity index (χ1) is 6.81. The third kappa shape index (κ3) is 1.58. The van der Waals surface area contributed by atoms with Crippen molar-refractivity contribution in [3.8, 4) is 10.8 Å². The summed E-state index contributed by atoms with van der Waals surface area (Å²) in [7, 11) is 0. The van der Waals surface area contributed by atoms with Crippen molar-refractivity contribution in [1.29, 1.82) is 0 Å². The maximum atomic E-state index is 10.1. The SMILES string of the molecule is Cc1oc(-c2cccs2)nc1CN=O. The Balaban J connectivity index is 2.37. The van der Waals surface area contributed by atoms with E-state index in [1.807, 2.05) is 17.5 Å². The van der Waals surface area contributed by atoms with Crippen molar-refractivity contribution < 1.29 is 4.42 Å². The van der Waals surface area contributed by atoms with Gasteiger partial charge in [0, 0.05) is 0 Å². The molecule has 0 saturated heterocycles. The van der Waals surface area contributed by atoms with Crippen LogP contribution in [0.25, 0.3) is 10.8 Å². The molecule has 0 bridgehead atoms. The van der Waals surface area contributed by atoms with Crippen LogP contribution in [0, 0.1) is 11.8 Å². The molecule has 2 aromatic heterocycles. The van der Waals surface area contributed by atoms with Gasteiger partial charge in [-0.2, -0.15) is 4.91 Å². The molecule has 2 heterocycles. The first kappa shape index (κ1) is 9.08. The lowest BCUT2D eigenvalue weighted by atomic mass is 10.4. The van der Waals surface area contributed by atoms with E-state index in [2.05, 4.69) is 10.2 Å². The van der Waals surface area contributed by atoms with Gasteiger partial charge >= 0.3 is 0 Å². The zero-order valence-electron chi connectivity index (χ0n) is 7.56. The van der Waals surface area contributed by atoms with E-state index in [1.165, 1.54) is 0 Å². The minimum Gasteiger partial charge on any atom is -0.440 e. The number of nitrogens with zero attached hydrogens (tertiary/aromatic N) is 2.